The predicted octanol–water partition coefficient (Wildman–Crippen LogP) is 3.27. The Morgan fingerprint density at radius 1 is 1.35 bits per heavy atom. The van der Waals surface area contributed by atoms with Crippen molar-refractivity contribution in [2.45, 2.75) is 33.6 Å². The molecular weight excluding hydrogens is 250 g/mol. The van der Waals surface area contributed by atoms with Crippen molar-refractivity contribution < 1.29 is 9.53 Å². The third-order valence-corrected chi connectivity index (χ3v) is 4.12. The first kappa shape index (κ1) is 14.9. The van der Waals surface area contributed by atoms with Gasteiger partial charge in [-0.25, -0.2) is 0 Å². The third kappa shape index (κ3) is 3.75. The highest BCUT2D eigenvalue weighted by Gasteiger charge is 2.51. The summed E-state index contributed by atoms with van der Waals surface area (Å²) in [7, 11) is 1.89. The van der Waals surface area contributed by atoms with Crippen LogP contribution in [0, 0.1) is 18.3 Å². The molecule has 20 heavy (non-hydrogen) atoms. The Morgan fingerprint density at radius 2 is 1.95 bits per heavy atom. The number of amides is 1. The van der Waals surface area contributed by atoms with Crippen LogP contribution < -0.4 is 4.74 Å². The number of benzene rings is 1. The van der Waals surface area contributed by atoms with E-state index in [2.05, 4.69) is 20.8 Å². The zero-order chi connectivity index (χ0) is 14.8. The number of ether oxygens (including phenoxy) is 1. The summed E-state index contributed by atoms with van der Waals surface area (Å²) >= 11 is 0. The van der Waals surface area contributed by atoms with Gasteiger partial charge < -0.3 is 9.64 Å². The second-order valence-corrected chi connectivity index (χ2v) is 6.52. The normalized spacial score (nSPS) is 19.5. The lowest BCUT2D eigenvalue weighted by Gasteiger charge is -2.18. The minimum Gasteiger partial charge on any atom is -0.494 e. The van der Waals surface area contributed by atoms with E-state index in [1.807, 2.05) is 36.2 Å². The van der Waals surface area contributed by atoms with Crippen molar-refractivity contribution in [2.24, 2.45) is 11.3 Å². The average Bonchev–Trinajstić information content (AvgIpc) is 3.04. The Bertz CT molecular complexity index is 464. The van der Waals surface area contributed by atoms with Crippen LogP contribution in [0.5, 0.6) is 5.75 Å². The standard InChI is InChI=1S/C17H25NO2/c1-13-6-8-14(9-7-13)20-11-5-10-18(4)16(19)15-12-17(15,2)3/h6-9,15H,5,10-12H2,1-4H3. The molecule has 0 radical (unpaired) electrons. The summed E-state index contributed by atoms with van der Waals surface area (Å²) in [5.41, 5.74) is 1.44. The van der Waals surface area contributed by atoms with Crippen LogP contribution >= 0.6 is 0 Å². The maximum atomic E-state index is 12.1. The van der Waals surface area contributed by atoms with Crippen molar-refractivity contribution in [1.82, 2.24) is 4.90 Å². The molecule has 1 aliphatic carbocycles. The van der Waals surface area contributed by atoms with Crippen molar-refractivity contribution in [3.8, 4) is 5.75 Å². The molecule has 0 heterocycles. The summed E-state index contributed by atoms with van der Waals surface area (Å²) in [6, 6.07) is 8.05. The van der Waals surface area contributed by atoms with Crippen molar-refractivity contribution in [3.63, 3.8) is 0 Å². The number of aryl methyl sites for hydroxylation is 1. The van der Waals surface area contributed by atoms with Crippen molar-refractivity contribution in [2.75, 3.05) is 20.2 Å². The number of carbonyl (C=O) groups excluding carboxylic acids is 1. The molecule has 1 unspecified atom stereocenters. The van der Waals surface area contributed by atoms with E-state index in [0.29, 0.717) is 6.61 Å². The van der Waals surface area contributed by atoms with E-state index >= 15 is 0 Å². The number of rotatable bonds is 6. The highest BCUT2D eigenvalue weighted by atomic mass is 16.5. The fraction of sp³-hybridized carbons (Fsp3) is 0.588. The van der Waals surface area contributed by atoms with Gasteiger partial charge in [-0.1, -0.05) is 31.5 Å². The van der Waals surface area contributed by atoms with Crippen LogP contribution in [-0.2, 0) is 4.79 Å². The highest BCUT2D eigenvalue weighted by molar-refractivity contribution is 5.82. The summed E-state index contributed by atoms with van der Waals surface area (Å²) in [4.78, 5) is 14.0. The largest absolute Gasteiger partial charge is 0.494 e. The van der Waals surface area contributed by atoms with Crippen molar-refractivity contribution >= 4 is 5.91 Å². The molecule has 1 atom stereocenters. The van der Waals surface area contributed by atoms with Crippen LogP contribution in [-0.4, -0.2) is 31.0 Å². The fourth-order valence-corrected chi connectivity index (χ4v) is 2.39. The molecule has 3 heteroatoms. The first-order valence-corrected chi connectivity index (χ1v) is 7.34. The number of carbonyl (C=O) groups is 1. The van der Waals surface area contributed by atoms with E-state index in [1.54, 1.807) is 0 Å². The quantitative estimate of drug-likeness (QED) is 0.746. The predicted molar refractivity (Wildman–Crippen MR) is 80.8 cm³/mol. The average molecular weight is 275 g/mol. The molecule has 0 aromatic heterocycles. The smallest absolute Gasteiger partial charge is 0.225 e. The van der Waals surface area contributed by atoms with Gasteiger partial charge in [-0.15, -0.1) is 0 Å². The Kier molecular flexibility index (Phi) is 4.36. The van der Waals surface area contributed by atoms with Gasteiger partial charge in [0.05, 0.1) is 6.61 Å². The third-order valence-electron chi connectivity index (χ3n) is 4.12. The monoisotopic (exact) mass is 275 g/mol. The van der Waals surface area contributed by atoms with Gasteiger partial charge in [-0.05, 0) is 37.3 Å². The van der Waals surface area contributed by atoms with E-state index in [4.69, 9.17) is 4.74 Å². The molecule has 0 bridgehead atoms. The molecule has 0 N–H and O–H groups in total. The van der Waals surface area contributed by atoms with Crippen molar-refractivity contribution in [1.29, 1.82) is 0 Å². The first-order valence-electron chi connectivity index (χ1n) is 7.34. The highest BCUT2D eigenvalue weighted by Crippen LogP contribution is 2.52. The van der Waals surface area contributed by atoms with E-state index in [9.17, 15) is 4.79 Å². The second kappa shape index (κ2) is 5.86. The van der Waals surface area contributed by atoms with Crippen LogP contribution in [0.2, 0.25) is 0 Å². The Morgan fingerprint density at radius 3 is 2.50 bits per heavy atom. The maximum absolute atomic E-state index is 12.1. The lowest BCUT2D eigenvalue weighted by Crippen LogP contribution is -2.31. The number of hydrogen-bond acceptors (Lipinski definition) is 2. The van der Waals surface area contributed by atoms with Crippen LogP contribution in [0.15, 0.2) is 24.3 Å². The SMILES string of the molecule is Cc1ccc(OCCCN(C)C(=O)C2CC2(C)C)cc1. The molecular formula is C17H25NO2. The Labute approximate surface area is 121 Å². The van der Waals surface area contributed by atoms with E-state index in [0.717, 1.165) is 25.1 Å². The molecule has 1 aromatic carbocycles. The zero-order valence-electron chi connectivity index (χ0n) is 13.0. The van der Waals surface area contributed by atoms with Gasteiger partial charge in [0.25, 0.3) is 0 Å². The lowest BCUT2D eigenvalue weighted by atomic mass is 10.1. The van der Waals surface area contributed by atoms with Crippen LogP contribution in [0.1, 0.15) is 32.3 Å². The summed E-state index contributed by atoms with van der Waals surface area (Å²) in [6.45, 7) is 7.78. The molecule has 1 amide bonds. The zero-order valence-corrected chi connectivity index (χ0v) is 13.0. The molecule has 2 rings (SSSR count). The minimum absolute atomic E-state index is 0.212. The van der Waals surface area contributed by atoms with Gasteiger partial charge in [-0.3, -0.25) is 4.79 Å². The lowest BCUT2D eigenvalue weighted by molar-refractivity contribution is -0.132. The van der Waals surface area contributed by atoms with Gasteiger partial charge >= 0.3 is 0 Å². The maximum Gasteiger partial charge on any atom is 0.225 e. The van der Waals surface area contributed by atoms with Crippen molar-refractivity contribution in [3.05, 3.63) is 29.8 Å². The summed E-state index contributed by atoms with van der Waals surface area (Å²) in [5.74, 6) is 1.41. The van der Waals surface area contributed by atoms with Gasteiger partial charge in [0.15, 0.2) is 0 Å². The number of nitrogens with zero attached hydrogens (tertiary/aromatic N) is 1. The van der Waals surface area contributed by atoms with E-state index < -0.39 is 0 Å². The van der Waals surface area contributed by atoms with Gasteiger partial charge in [0.2, 0.25) is 5.91 Å². The Balaban J connectivity index is 1.66. The summed E-state index contributed by atoms with van der Waals surface area (Å²) in [6.07, 6.45) is 1.89. The first-order chi connectivity index (χ1) is 9.40. The van der Waals surface area contributed by atoms with E-state index in [1.165, 1.54) is 5.56 Å². The molecule has 3 nitrogen and oxygen atoms in total. The minimum atomic E-state index is 0.212. The molecule has 0 aliphatic heterocycles. The van der Waals surface area contributed by atoms with Gasteiger partial charge in [0, 0.05) is 19.5 Å². The van der Waals surface area contributed by atoms with Crippen LogP contribution in [0.4, 0.5) is 0 Å². The van der Waals surface area contributed by atoms with E-state index in [-0.39, 0.29) is 17.2 Å². The Hall–Kier alpha value is -1.51. The van der Waals surface area contributed by atoms with Gasteiger partial charge in [-0.2, -0.15) is 0 Å². The molecule has 1 aromatic rings. The van der Waals surface area contributed by atoms with Gasteiger partial charge in [0.1, 0.15) is 5.75 Å². The summed E-state index contributed by atoms with van der Waals surface area (Å²) < 4.78 is 5.67. The topological polar surface area (TPSA) is 29.5 Å². The molecule has 1 aliphatic rings. The molecule has 1 saturated carbocycles. The number of hydrogen-bond donors (Lipinski definition) is 0. The summed E-state index contributed by atoms with van der Waals surface area (Å²) in [5, 5.41) is 0. The second-order valence-electron chi connectivity index (χ2n) is 6.52. The van der Waals surface area contributed by atoms with Crippen LogP contribution in [0.3, 0.4) is 0 Å². The molecule has 0 saturated heterocycles. The molecule has 110 valence electrons. The fourth-order valence-electron chi connectivity index (χ4n) is 2.39. The van der Waals surface area contributed by atoms with Crippen LogP contribution in [0.25, 0.3) is 0 Å². The molecule has 1 fully saturated rings. The molecule has 0 spiro atoms.